The summed E-state index contributed by atoms with van der Waals surface area (Å²) in [7, 11) is 0. The summed E-state index contributed by atoms with van der Waals surface area (Å²) in [6.45, 7) is 4.09. The first-order valence-electron chi connectivity index (χ1n) is 5.20. The lowest BCUT2D eigenvalue weighted by Gasteiger charge is -2.13. The normalized spacial score (nSPS) is 12.2. The van der Waals surface area contributed by atoms with Gasteiger partial charge in [0.25, 0.3) is 5.91 Å². The maximum absolute atomic E-state index is 11.8. The zero-order chi connectivity index (χ0) is 11.3. The highest BCUT2D eigenvalue weighted by Crippen LogP contribution is 2.14. The molecule has 0 heterocycles. The van der Waals surface area contributed by atoms with E-state index in [1.54, 1.807) is 12.1 Å². The number of hydrogen-bond acceptors (Lipinski definition) is 1. The highest BCUT2D eigenvalue weighted by Gasteiger charge is 2.11. The number of hydrogen-bond donors (Lipinski definition) is 1. The van der Waals surface area contributed by atoms with Gasteiger partial charge >= 0.3 is 0 Å². The van der Waals surface area contributed by atoms with Crippen LogP contribution >= 0.6 is 11.6 Å². The Labute approximate surface area is 95.6 Å². The molecule has 0 aromatic heterocycles. The Morgan fingerprint density at radius 2 is 2.13 bits per heavy atom. The first-order valence-corrected chi connectivity index (χ1v) is 5.58. The Morgan fingerprint density at radius 1 is 1.47 bits per heavy atom. The topological polar surface area (TPSA) is 29.1 Å². The molecule has 1 amide bonds. The van der Waals surface area contributed by atoms with Gasteiger partial charge in [-0.15, -0.1) is 0 Å². The molecule has 0 aliphatic rings. The van der Waals surface area contributed by atoms with Gasteiger partial charge in [-0.25, -0.2) is 0 Å². The molecule has 0 bridgehead atoms. The van der Waals surface area contributed by atoms with Crippen molar-refractivity contribution in [3.63, 3.8) is 0 Å². The number of halogens is 1. The lowest BCUT2D eigenvalue weighted by atomic mass is 10.1. The van der Waals surface area contributed by atoms with Crippen LogP contribution < -0.4 is 5.32 Å². The van der Waals surface area contributed by atoms with Crippen LogP contribution in [0.4, 0.5) is 0 Å². The zero-order valence-electron chi connectivity index (χ0n) is 9.09. The molecule has 0 spiro atoms. The van der Waals surface area contributed by atoms with Gasteiger partial charge in [-0.2, -0.15) is 0 Å². The van der Waals surface area contributed by atoms with Crippen molar-refractivity contribution in [2.24, 2.45) is 0 Å². The second-order valence-corrected chi connectivity index (χ2v) is 4.05. The van der Waals surface area contributed by atoms with Gasteiger partial charge in [0.05, 0.1) is 10.6 Å². The highest BCUT2D eigenvalue weighted by atomic mass is 35.5. The standard InChI is InChI=1S/C12H16ClNO/c1-3-6-9(2)14-12(15)10-7-4-5-8-11(10)13/h4-5,7-9H,3,6H2,1-2H3,(H,14,15)/t9-/m0/s1. The summed E-state index contributed by atoms with van der Waals surface area (Å²) < 4.78 is 0. The van der Waals surface area contributed by atoms with Crippen molar-refractivity contribution < 1.29 is 4.79 Å². The van der Waals surface area contributed by atoms with Crippen molar-refractivity contribution in [2.75, 3.05) is 0 Å². The van der Waals surface area contributed by atoms with Crippen LogP contribution in [0.25, 0.3) is 0 Å². The van der Waals surface area contributed by atoms with Crippen molar-refractivity contribution in [1.29, 1.82) is 0 Å². The van der Waals surface area contributed by atoms with Gasteiger partial charge in [0.15, 0.2) is 0 Å². The van der Waals surface area contributed by atoms with E-state index >= 15 is 0 Å². The van der Waals surface area contributed by atoms with Gasteiger partial charge < -0.3 is 5.32 Å². The molecular formula is C12H16ClNO. The third-order valence-electron chi connectivity index (χ3n) is 2.22. The summed E-state index contributed by atoms with van der Waals surface area (Å²) in [5, 5.41) is 3.41. The number of amides is 1. The van der Waals surface area contributed by atoms with Gasteiger partial charge in [-0.3, -0.25) is 4.79 Å². The molecule has 1 N–H and O–H groups in total. The molecule has 0 aliphatic heterocycles. The predicted molar refractivity (Wildman–Crippen MR) is 63.3 cm³/mol. The third kappa shape index (κ3) is 3.56. The molecule has 1 aromatic rings. The summed E-state index contributed by atoms with van der Waals surface area (Å²) in [5.41, 5.74) is 0.544. The van der Waals surface area contributed by atoms with Crippen LogP contribution in [-0.4, -0.2) is 11.9 Å². The summed E-state index contributed by atoms with van der Waals surface area (Å²) in [4.78, 5) is 11.8. The summed E-state index contributed by atoms with van der Waals surface area (Å²) >= 11 is 5.92. The van der Waals surface area contributed by atoms with Crippen LogP contribution in [0.3, 0.4) is 0 Å². The molecule has 2 nitrogen and oxygen atoms in total. The summed E-state index contributed by atoms with van der Waals surface area (Å²) in [6.07, 6.45) is 2.04. The average Bonchev–Trinajstić information content (AvgIpc) is 2.18. The number of benzene rings is 1. The van der Waals surface area contributed by atoms with E-state index in [0.717, 1.165) is 12.8 Å². The largest absolute Gasteiger partial charge is 0.350 e. The average molecular weight is 226 g/mol. The lowest BCUT2D eigenvalue weighted by Crippen LogP contribution is -2.32. The van der Waals surface area contributed by atoms with E-state index in [0.29, 0.717) is 10.6 Å². The van der Waals surface area contributed by atoms with Crippen LogP contribution in [0.5, 0.6) is 0 Å². The van der Waals surface area contributed by atoms with Crippen LogP contribution in [0.15, 0.2) is 24.3 Å². The summed E-state index contributed by atoms with van der Waals surface area (Å²) in [5.74, 6) is -0.0958. The van der Waals surface area contributed by atoms with Crippen LogP contribution in [0.1, 0.15) is 37.0 Å². The molecule has 1 aromatic carbocycles. The minimum Gasteiger partial charge on any atom is -0.350 e. The SMILES string of the molecule is CCC[C@H](C)NC(=O)c1ccccc1Cl. The predicted octanol–water partition coefficient (Wildman–Crippen LogP) is 3.26. The van der Waals surface area contributed by atoms with E-state index in [4.69, 9.17) is 11.6 Å². The monoisotopic (exact) mass is 225 g/mol. The van der Waals surface area contributed by atoms with Crippen molar-refractivity contribution in [3.8, 4) is 0 Å². The molecule has 1 rings (SSSR count). The van der Waals surface area contributed by atoms with E-state index in [1.165, 1.54) is 0 Å². The lowest BCUT2D eigenvalue weighted by molar-refractivity contribution is 0.0938. The number of nitrogens with one attached hydrogen (secondary N) is 1. The molecule has 0 radical (unpaired) electrons. The Hall–Kier alpha value is -1.02. The Morgan fingerprint density at radius 3 is 2.73 bits per heavy atom. The fraction of sp³-hybridized carbons (Fsp3) is 0.417. The molecule has 1 atom stereocenters. The maximum atomic E-state index is 11.8. The summed E-state index contributed by atoms with van der Waals surface area (Å²) in [6, 6.07) is 7.27. The van der Waals surface area contributed by atoms with E-state index in [-0.39, 0.29) is 11.9 Å². The number of rotatable bonds is 4. The minimum absolute atomic E-state index is 0.0958. The molecule has 0 aliphatic carbocycles. The fourth-order valence-corrected chi connectivity index (χ4v) is 1.67. The van der Waals surface area contributed by atoms with E-state index < -0.39 is 0 Å². The number of carbonyl (C=O) groups is 1. The van der Waals surface area contributed by atoms with Crippen molar-refractivity contribution in [3.05, 3.63) is 34.9 Å². The first-order chi connectivity index (χ1) is 7.15. The fourth-order valence-electron chi connectivity index (χ4n) is 1.45. The zero-order valence-corrected chi connectivity index (χ0v) is 9.84. The van der Waals surface area contributed by atoms with Gasteiger partial charge in [-0.1, -0.05) is 37.1 Å². The van der Waals surface area contributed by atoms with Gasteiger partial charge in [0.1, 0.15) is 0 Å². The second kappa shape index (κ2) is 5.76. The van der Waals surface area contributed by atoms with E-state index in [2.05, 4.69) is 12.2 Å². The molecule has 0 fully saturated rings. The van der Waals surface area contributed by atoms with Crippen LogP contribution in [-0.2, 0) is 0 Å². The molecule has 0 saturated heterocycles. The minimum atomic E-state index is -0.0958. The smallest absolute Gasteiger partial charge is 0.252 e. The molecule has 3 heteroatoms. The Bertz CT molecular complexity index is 338. The highest BCUT2D eigenvalue weighted by molar-refractivity contribution is 6.33. The first kappa shape index (κ1) is 12.1. The quantitative estimate of drug-likeness (QED) is 0.838. The van der Waals surface area contributed by atoms with Crippen molar-refractivity contribution in [2.45, 2.75) is 32.7 Å². The van der Waals surface area contributed by atoms with Crippen molar-refractivity contribution in [1.82, 2.24) is 5.32 Å². The van der Waals surface area contributed by atoms with Crippen LogP contribution in [0.2, 0.25) is 5.02 Å². The molecule has 82 valence electrons. The van der Waals surface area contributed by atoms with Crippen LogP contribution in [0, 0.1) is 0 Å². The third-order valence-corrected chi connectivity index (χ3v) is 2.55. The number of carbonyl (C=O) groups excluding carboxylic acids is 1. The van der Waals surface area contributed by atoms with Crippen molar-refractivity contribution >= 4 is 17.5 Å². The molecule has 15 heavy (non-hydrogen) atoms. The van der Waals surface area contributed by atoms with E-state index in [9.17, 15) is 4.79 Å². The maximum Gasteiger partial charge on any atom is 0.252 e. The Kier molecular flexibility index (Phi) is 4.63. The molecule has 0 unspecified atom stereocenters. The Balaban J connectivity index is 2.65. The van der Waals surface area contributed by atoms with Gasteiger partial charge in [0.2, 0.25) is 0 Å². The molecular weight excluding hydrogens is 210 g/mol. The van der Waals surface area contributed by atoms with Gasteiger partial charge in [-0.05, 0) is 25.5 Å². The molecule has 0 saturated carbocycles. The van der Waals surface area contributed by atoms with Gasteiger partial charge in [0, 0.05) is 6.04 Å². The van der Waals surface area contributed by atoms with E-state index in [1.807, 2.05) is 19.1 Å². The second-order valence-electron chi connectivity index (χ2n) is 3.64.